The Hall–Kier alpha value is 0.530. The van der Waals surface area contributed by atoms with E-state index < -0.39 is 10.1 Å². The Morgan fingerprint density at radius 3 is 1.71 bits per heavy atom. The van der Waals surface area contributed by atoms with Gasteiger partial charge in [0.15, 0.2) is 0 Å². The molecule has 0 aromatic heterocycles. The largest absolute Gasteiger partial charge is 1.00 e. The Kier molecular flexibility index (Phi) is 11.1. The molecule has 0 unspecified atom stereocenters. The van der Waals surface area contributed by atoms with Gasteiger partial charge in [0.05, 0.1) is 4.90 Å². The van der Waals surface area contributed by atoms with E-state index >= 15 is 0 Å². The summed E-state index contributed by atoms with van der Waals surface area (Å²) in [5.74, 6) is 0. The molecule has 0 heterocycles. The van der Waals surface area contributed by atoms with Crippen LogP contribution in [0.2, 0.25) is 0 Å². The minimum absolute atomic E-state index is 0. The Labute approximate surface area is 112 Å². The van der Waals surface area contributed by atoms with Crippen molar-refractivity contribution in [2.24, 2.45) is 0 Å². The zero-order valence-electron chi connectivity index (χ0n) is 7.32. The molecule has 0 aliphatic carbocycles. The summed E-state index contributed by atoms with van der Waals surface area (Å²) < 4.78 is 31.9. The van der Waals surface area contributed by atoms with Gasteiger partial charge in [0.25, 0.3) is 0 Å². The molecule has 0 bridgehead atoms. The molecule has 1 aromatic carbocycles. The van der Waals surface area contributed by atoms with Gasteiger partial charge in [0.2, 0.25) is 0 Å². The summed E-state index contributed by atoms with van der Waals surface area (Å²) in [6.07, 6.45) is 0. The van der Waals surface area contributed by atoms with E-state index in [2.05, 4.69) is 15.9 Å². The van der Waals surface area contributed by atoms with Crippen LogP contribution in [0.15, 0.2) is 33.6 Å². The third kappa shape index (κ3) is 6.10. The smallest absolute Gasteiger partial charge is 0.744 e. The normalized spacial score (nSPS) is 9.00. The Morgan fingerprint density at radius 1 is 1.07 bits per heavy atom. The Morgan fingerprint density at radius 2 is 1.43 bits per heavy atom. The molecule has 1 aromatic rings. The van der Waals surface area contributed by atoms with Crippen LogP contribution in [0, 0.1) is 0 Å². The van der Waals surface area contributed by atoms with Crippen LogP contribution in [-0.4, -0.2) is 23.9 Å². The molecule has 0 aliphatic rings. The van der Waals surface area contributed by atoms with E-state index in [9.17, 15) is 13.0 Å². The monoisotopic (exact) mass is 294 g/mol. The van der Waals surface area contributed by atoms with Gasteiger partial charge in [-0.15, -0.1) is 0 Å². The van der Waals surface area contributed by atoms with Gasteiger partial charge in [-0.2, -0.15) is 0 Å². The zero-order chi connectivity index (χ0) is 8.48. The SMILES string of the molecule is O.O.O=S(=O)([O-])c1ccc(Br)cc1.[Na+]. The average molecular weight is 295 g/mol. The summed E-state index contributed by atoms with van der Waals surface area (Å²) in [5.41, 5.74) is 0. The molecule has 0 radical (unpaired) electrons. The van der Waals surface area contributed by atoms with Crippen molar-refractivity contribution in [3.8, 4) is 0 Å². The quantitative estimate of drug-likeness (QED) is 0.398. The fraction of sp³-hybridized carbons (Fsp3) is 0. The van der Waals surface area contributed by atoms with Gasteiger partial charge in [-0.25, -0.2) is 8.42 Å². The maximum Gasteiger partial charge on any atom is 1.00 e. The molecule has 0 atom stereocenters. The molecule has 0 amide bonds. The maximum atomic E-state index is 10.4. The predicted octanol–water partition coefficient (Wildman–Crippen LogP) is -3.29. The summed E-state index contributed by atoms with van der Waals surface area (Å²) in [4.78, 5) is -0.208. The molecule has 8 heteroatoms. The summed E-state index contributed by atoms with van der Waals surface area (Å²) in [5, 5.41) is 0. The predicted molar refractivity (Wildman–Crippen MR) is 49.3 cm³/mol. The molecule has 0 saturated carbocycles. The topological polar surface area (TPSA) is 120 Å². The number of hydrogen-bond acceptors (Lipinski definition) is 3. The van der Waals surface area contributed by atoms with Crippen LogP contribution in [0.1, 0.15) is 0 Å². The molecule has 1 rings (SSSR count). The van der Waals surface area contributed by atoms with Crippen molar-refractivity contribution in [1.82, 2.24) is 0 Å². The average Bonchev–Trinajstić information content (AvgIpc) is 1.86. The van der Waals surface area contributed by atoms with Crippen molar-refractivity contribution in [3.05, 3.63) is 28.7 Å². The van der Waals surface area contributed by atoms with E-state index in [1.165, 1.54) is 24.3 Å². The molecular weight excluding hydrogens is 287 g/mol. The minimum atomic E-state index is -4.29. The van der Waals surface area contributed by atoms with Gasteiger partial charge < -0.3 is 15.5 Å². The van der Waals surface area contributed by atoms with Gasteiger partial charge in [-0.3, -0.25) is 0 Å². The van der Waals surface area contributed by atoms with Crippen LogP contribution in [0.25, 0.3) is 0 Å². The molecule has 0 aliphatic heterocycles. The van der Waals surface area contributed by atoms with Crippen molar-refractivity contribution in [2.45, 2.75) is 4.90 Å². The van der Waals surface area contributed by atoms with Crippen LogP contribution in [0.3, 0.4) is 0 Å². The van der Waals surface area contributed by atoms with Crippen molar-refractivity contribution < 1.29 is 53.5 Å². The van der Waals surface area contributed by atoms with E-state index in [1.54, 1.807) is 0 Å². The first-order valence-corrected chi connectivity index (χ1v) is 4.92. The third-order valence-electron chi connectivity index (χ3n) is 1.10. The van der Waals surface area contributed by atoms with Crippen molar-refractivity contribution in [3.63, 3.8) is 0 Å². The molecule has 0 spiro atoms. The molecular formula is C6H8BrNaO5S. The van der Waals surface area contributed by atoms with Crippen molar-refractivity contribution in [2.75, 3.05) is 0 Å². The fourth-order valence-electron chi connectivity index (χ4n) is 0.601. The van der Waals surface area contributed by atoms with Gasteiger partial charge in [-0.1, -0.05) is 15.9 Å². The standard InChI is InChI=1S/C6H5BrO3S.Na.2H2O/c7-5-1-3-6(4-2-5)11(8,9)10;;;/h1-4H,(H,8,9,10);;2*1H2/q;+1;;/p-1. The molecule has 0 saturated heterocycles. The second-order valence-corrected chi connectivity index (χ2v) is 4.20. The summed E-state index contributed by atoms with van der Waals surface area (Å²) in [6.45, 7) is 0. The van der Waals surface area contributed by atoms with E-state index in [-0.39, 0.29) is 45.4 Å². The first-order chi connectivity index (χ1) is 5.00. The van der Waals surface area contributed by atoms with Crippen LogP contribution in [-0.2, 0) is 10.1 Å². The molecule has 0 fully saturated rings. The zero-order valence-corrected chi connectivity index (χ0v) is 11.7. The van der Waals surface area contributed by atoms with Gasteiger partial charge >= 0.3 is 29.6 Å². The first kappa shape index (κ1) is 20.0. The van der Waals surface area contributed by atoms with Crippen molar-refractivity contribution in [1.29, 1.82) is 0 Å². The van der Waals surface area contributed by atoms with E-state index in [0.29, 0.717) is 0 Å². The second-order valence-electron chi connectivity index (χ2n) is 1.91. The Balaban J connectivity index is -0.000000403. The fourth-order valence-corrected chi connectivity index (χ4v) is 1.34. The minimum Gasteiger partial charge on any atom is -0.744 e. The van der Waals surface area contributed by atoms with Gasteiger partial charge in [-0.05, 0) is 24.3 Å². The van der Waals surface area contributed by atoms with E-state index in [0.717, 1.165) is 4.47 Å². The molecule has 5 nitrogen and oxygen atoms in total. The number of hydrogen-bond donors (Lipinski definition) is 0. The Bertz CT molecular complexity index is 349. The number of halogens is 1. The van der Waals surface area contributed by atoms with Crippen LogP contribution in [0.5, 0.6) is 0 Å². The molecule has 76 valence electrons. The molecule has 14 heavy (non-hydrogen) atoms. The first-order valence-electron chi connectivity index (χ1n) is 2.71. The van der Waals surface area contributed by atoms with Gasteiger partial charge in [0.1, 0.15) is 10.1 Å². The molecule has 4 N–H and O–H groups in total. The number of rotatable bonds is 1. The van der Waals surface area contributed by atoms with Crippen LogP contribution in [0.4, 0.5) is 0 Å². The maximum absolute atomic E-state index is 10.4. The summed E-state index contributed by atoms with van der Waals surface area (Å²) in [6, 6.07) is 5.52. The third-order valence-corrected chi connectivity index (χ3v) is 2.48. The van der Waals surface area contributed by atoms with Crippen LogP contribution < -0.4 is 29.6 Å². The van der Waals surface area contributed by atoms with Crippen LogP contribution >= 0.6 is 15.9 Å². The van der Waals surface area contributed by atoms with E-state index in [1.807, 2.05) is 0 Å². The summed E-state index contributed by atoms with van der Waals surface area (Å²) in [7, 11) is -4.29. The number of benzene rings is 1. The van der Waals surface area contributed by atoms with Crippen molar-refractivity contribution >= 4 is 26.0 Å². The van der Waals surface area contributed by atoms with E-state index in [4.69, 9.17) is 0 Å². The second kappa shape index (κ2) is 7.77. The van der Waals surface area contributed by atoms with Gasteiger partial charge in [0, 0.05) is 4.47 Å². The summed E-state index contributed by atoms with van der Waals surface area (Å²) >= 11 is 3.12.